The van der Waals surface area contributed by atoms with E-state index in [-0.39, 0.29) is 35.3 Å². The molecule has 84 valence electrons. The summed E-state index contributed by atoms with van der Waals surface area (Å²) in [4.78, 5) is 0. The molecule has 0 saturated heterocycles. The first-order chi connectivity index (χ1) is 4.83. The van der Waals surface area contributed by atoms with E-state index < -0.39 is 0 Å². The molecule has 0 aliphatic carbocycles. The smallest absolute Gasteiger partial charge is 0.0430 e. The largest absolute Gasteiger partial charge is 1.00 e. The summed E-state index contributed by atoms with van der Waals surface area (Å²) >= 11 is 0. The molecular formula is C8H20F2HfO2-2. The Morgan fingerprint density at radius 3 is 1.00 bits per heavy atom. The van der Waals surface area contributed by atoms with E-state index in [4.69, 9.17) is 10.2 Å². The van der Waals surface area contributed by atoms with Gasteiger partial charge in [0.1, 0.15) is 0 Å². The third kappa shape index (κ3) is 66.4. The van der Waals surface area contributed by atoms with E-state index in [2.05, 4.69) is 13.8 Å². The zero-order valence-electron chi connectivity index (χ0n) is 8.39. The average Bonchev–Trinajstić information content (AvgIpc) is 1.93. The van der Waals surface area contributed by atoms with Gasteiger partial charge in [-0.15, -0.1) is 0 Å². The maximum absolute atomic E-state index is 8.07. The predicted molar refractivity (Wildman–Crippen MR) is 44.0 cm³/mol. The van der Waals surface area contributed by atoms with Crippen molar-refractivity contribution in [1.82, 2.24) is 0 Å². The van der Waals surface area contributed by atoms with Crippen LogP contribution in [0, 0.1) is 0 Å². The van der Waals surface area contributed by atoms with Gasteiger partial charge in [-0.25, -0.2) is 0 Å². The predicted octanol–water partition coefficient (Wildman–Crippen LogP) is -4.44. The zero-order valence-corrected chi connectivity index (χ0v) is 12.0. The van der Waals surface area contributed by atoms with Gasteiger partial charge in [0.2, 0.25) is 0 Å². The topological polar surface area (TPSA) is 40.5 Å². The molecule has 0 aliphatic rings. The maximum Gasteiger partial charge on any atom is 0.0430 e. The second-order valence-electron chi connectivity index (χ2n) is 2.15. The quantitative estimate of drug-likeness (QED) is 0.494. The summed E-state index contributed by atoms with van der Waals surface area (Å²) in [7, 11) is 0. The number of rotatable bonds is 4. The summed E-state index contributed by atoms with van der Waals surface area (Å²) < 4.78 is 0. The molecule has 0 atom stereocenters. The van der Waals surface area contributed by atoms with E-state index >= 15 is 0 Å². The van der Waals surface area contributed by atoms with E-state index in [1.165, 1.54) is 0 Å². The number of aliphatic hydroxyl groups is 2. The third-order valence-corrected chi connectivity index (χ3v) is 1.02. The van der Waals surface area contributed by atoms with Crippen molar-refractivity contribution in [3.63, 3.8) is 0 Å². The van der Waals surface area contributed by atoms with E-state index in [1.54, 1.807) is 0 Å². The second kappa shape index (κ2) is 38.8. The molecule has 0 aromatic rings. The Balaban J connectivity index is -0.0000000267. The van der Waals surface area contributed by atoms with Crippen LogP contribution in [0.25, 0.3) is 0 Å². The molecule has 0 amide bonds. The Hall–Kier alpha value is 0.650. The van der Waals surface area contributed by atoms with Gasteiger partial charge in [0.05, 0.1) is 0 Å². The summed E-state index contributed by atoms with van der Waals surface area (Å²) in [6.07, 6.45) is 4.08. The van der Waals surface area contributed by atoms with Crippen LogP contribution in [0.4, 0.5) is 0 Å². The molecule has 2 nitrogen and oxygen atoms in total. The van der Waals surface area contributed by atoms with E-state index in [1.807, 2.05) is 0 Å². The summed E-state index contributed by atoms with van der Waals surface area (Å²) in [5.41, 5.74) is 0. The van der Waals surface area contributed by atoms with Crippen LogP contribution < -0.4 is 9.41 Å². The molecule has 0 bridgehead atoms. The Morgan fingerprint density at radius 1 is 0.769 bits per heavy atom. The van der Waals surface area contributed by atoms with Crippen LogP contribution in [0.15, 0.2) is 0 Å². The van der Waals surface area contributed by atoms with Crippen LogP contribution in [-0.4, -0.2) is 23.4 Å². The van der Waals surface area contributed by atoms with Gasteiger partial charge in [0.25, 0.3) is 0 Å². The molecule has 0 rings (SSSR count). The summed E-state index contributed by atoms with van der Waals surface area (Å²) in [6.45, 7) is 4.79. The normalized spacial score (nSPS) is 6.46. The first kappa shape index (κ1) is 29.2. The fourth-order valence-corrected chi connectivity index (χ4v) is 0.316. The Bertz CT molecular complexity index is 41.1. The average molecular weight is 365 g/mol. The van der Waals surface area contributed by atoms with Crippen molar-refractivity contribution < 1.29 is 45.5 Å². The molecule has 0 fully saturated rings. The standard InChI is InChI=1S/2C4H10O.2FH.Hf/c2*1-2-3-4-5;;;/h2*5H,2-4H2,1H3;2*1H;/p-2. The molecule has 0 spiro atoms. The molecule has 0 aromatic heterocycles. The number of halogens is 2. The minimum atomic E-state index is 0. The van der Waals surface area contributed by atoms with Gasteiger partial charge in [0.15, 0.2) is 0 Å². The summed E-state index contributed by atoms with van der Waals surface area (Å²) in [6, 6.07) is 0. The number of unbranched alkanes of at least 4 members (excludes halogenated alkanes) is 2. The Labute approximate surface area is 98.3 Å². The van der Waals surface area contributed by atoms with Crippen molar-refractivity contribution in [2.45, 2.75) is 39.5 Å². The number of aliphatic hydroxyl groups excluding tert-OH is 2. The van der Waals surface area contributed by atoms with Gasteiger partial charge in [-0.05, 0) is 12.8 Å². The maximum atomic E-state index is 8.07. The van der Waals surface area contributed by atoms with Crippen LogP contribution >= 0.6 is 0 Å². The SMILES string of the molecule is CCCCO.CCCCO.[F-].[F-].[Hf]. The van der Waals surface area contributed by atoms with Crippen molar-refractivity contribution in [3.05, 3.63) is 0 Å². The van der Waals surface area contributed by atoms with Gasteiger partial charge in [-0.1, -0.05) is 26.7 Å². The number of hydrogen-bond acceptors (Lipinski definition) is 2. The van der Waals surface area contributed by atoms with Gasteiger partial charge in [-0.2, -0.15) is 0 Å². The van der Waals surface area contributed by atoms with Gasteiger partial charge in [0, 0.05) is 39.1 Å². The molecule has 13 heavy (non-hydrogen) atoms. The van der Waals surface area contributed by atoms with Crippen LogP contribution in [0.1, 0.15) is 39.5 Å². The fourth-order valence-electron chi connectivity index (χ4n) is 0.316. The third-order valence-electron chi connectivity index (χ3n) is 1.02. The first-order valence-corrected chi connectivity index (χ1v) is 4.05. The van der Waals surface area contributed by atoms with Crippen molar-refractivity contribution in [2.24, 2.45) is 0 Å². The number of hydrogen-bond donors (Lipinski definition) is 2. The Morgan fingerprint density at radius 2 is 1.00 bits per heavy atom. The molecule has 0 aromatic carbocycles. The minimum absolute atomic E-state index is 0. The Kier molecular flexibility index (Phi) is 87.2. The van der Waals surface area contributed by atoms with E-state index in [0.29, 0.717) is 13.2 Å². The van der Waals surface area contributed by atoms with Crippen molar-refractivity contribution in [3.8, 4) is 0 Å². The van der Waals surface area contributed by atoms with Gasteiger partial charge < -0.3 is 19.6 Å². The molecule has 0 saturated carbocycles. The molecule has 0 aliphatic heterocycles. The van der Waals surface area contributed by atoms with Crippen LogP contribution in [0.5, 0.6) is 0 Å². The van der Waals surface area contributed by atoms with Crippen molar-refractivity contribution in [2.75, 3.05) is 13.2 Å². The molecule has 5 heteroatoms. The van der Waals surface area contributed by atoms with Crippen molar-refractivity contribution >= 4 is 0 Å². The fraction of sp³-hybridized carbons (Fsp3) is 1.00. The van der Waals surface area contributed by atoms with Crippen LogP contribution in [-0.2, 0) is 25.8 Å². The van der Waals surface area contributed by atoms with Gasteiger partial charge >= 0.3 is 0 Å². The van der Waals surface area contributed by atoms with Crippen molar-refractivity contribution in [1.29, 1.82) is 0 Å². The molecule has 2 N–H and O–H groups in total. The summed E-state index contributed by atoms with van der Waals surface area (Å²) in [5, 5.41) is 16.1. The van der Waals surface area contributed by atoms with Crippen LogP contribution in [0.2, 0.25) is 0 Å². The minimum Gasteiger partial charge on any atom is -1.00 e. The second-order valence-corrected chi connectivity index (χ2v) is 2.15. The van der Waals surface area contributed by atoms with E-state index in [9.17, 15) is 0 Å². The summed E-state index contributed by atoms with van der Waals surface area (Å²) in [5.74, 6) is 0. The van der Waals surface area contributed by atoms with Crippen LogP contribution in [0.3, 0.4) is 0 Å². The monoisotopic (exact) mass is 366 g/mol. The van der Waals surface area contributed by atoms with E-state index in [0.717, 1.165) is 25.7 Å². The van der Waals surface area contributed by atoms with Gasteiger partial charge in [-0.3, -0.25) is 0 Å². The first-order valence-electron chi connectivity index (χ1n) is 4.05. The molecule has 0 unspecified atom stereocenters. The molecular weight excluding hydrogens is 345 g/mol. The molecule has 0 heterocycles. The zero-order chi connectivity index (χ0) is 8.24. The molecule has 0 radical (unpaired) electrons.